The van der Waals surface area contributed by atoms with Crippen LogP contribution in [-0.4, -0.2) is 6.04 Å². The van der Waals surface area contributed by atoms with E-state index in [9.17, 15) is 0 Å². The zero-order chi connectivity index (χ0) is 12.7. The van der Waals surface area contributed by atoms with Crippen molar-refractivity contribution < 1.29 is 0 Å². The number of nitrogens with one attached hydrogen (secondary N) is 1. The van der Waals surface area contributed by atoms with Crippen molar-refractivity contribution in [3.8, 4) is 0 Å². The molecule has 96 valence electrons. The molecule has 0 aliphatic carbocycles. The molecule has 0 bridgehead atoms. The maximum atomic E-state index is 3.77. The molecular weight excluding hydrogens is 206 g/mol. The number of rotatable bonds is 7. The van der Waals surface area contributed by atoms with Crippen molar-refractivity contribution in [3.05, 3.63) is 35.9 Å². The molecule has 17 heavy (non-hydrogen) atoms. The number of hydrogen-bond donors (Lipinski definition) is 1. The van der Waals surface area contributed by atoms with E-state index in [0.717, 1.165) is 5.92 Å². The number of hydrogen-bond acceptors (Lipinski definition) is 1. The third-order valence-corrected chi connectivity index (χ3v) is 3.12. The third-order valence-electron chi connectivity index (χ3n) is 3.12. The molecule has 2 unspecified atom stereocenters. The molecule has 1 N–H and O–H groups in total. The molecule has 1 aromatic rings. The molecule has 0 saturated carbocycles. The molecule has 0 radical (unpaired) electrons. The van der Waals surface area contributed by atoms with Gasteiger partial charge in [0.2, 0.25) is 0 Å². The van der Waals surface area contributed by atoms with Gasteiger partial charge in [-0.15, -0.1) is 0 Å². The zero-order valence-corrected chi connectivity index (χ0v) is 11.7. The lowest BCUT2D eigenvalue weighted by Crippen LogP contribution is -2.31. The summed E-state index contributed by atoms with van der Waals surface area (Å²) in [6, 6.07) is 11.9. The maximum absolute atomic E-state index is 3.77. The molecule has 1 heteroatoms. The minimum absolute atomic E-state index is 0.498. The van der Waals surface area contributed by atoms with Gasteiger partial charge in [0, 0.05) is 12.1 Å². The fraction of sp³-hybridized carbons (Fsp3) is 0.625. The lowest BCUT2D eigenvalue weighted by molar-refractivity contribution is 0.377. The molecule has 1 rings (SSSR count). The number of benzene rings is 1. The fourth-order valence-corrected chi connectivity index (χ4v) is 2.32. The Morgan fingerprint density at radius 2 is 1.71 bits per heavy atom. The van der Waals surface area contributed by atoms with Crippen LogP contribution in [0, 0.1) is 5.92 Å². The van der Waals surface area contributed by atoms with Crippen molar-refractivity contribution >= 4 is 0 Å². The Labute approximate surface area is 107 Å². The highest BCUT2D eigenvalue weighted by Crippen LogP contribution is 2.22. The van der Waals surface area contributed by atoms with E-state index in [1.54, 1.807) is 0 Å². The highest BCUT2D eigenvalue weighted by molar-refractivity contribution is 5.19. The van der Waals surface area contributed by atoms with E-state index >= 15 is 0 Å². The molecule has 0 saturated heterocycles. The Hall–Kier alpha value is -0.820. The van der Waals surface area contributed by atoms with Crippen molar-refractivity contribution in [1.29, 1.82) is 0 Å². The van der Waals surface area contributed by atoms with Crippen molar-refractivity contribution in [2.24, 2.45) is 5.92 Å². The quantitative estimate of drug-likeness (QED) is 0.728. The Bertz CT molecular complexity index is 292. The second-order valence-corrected chi connectivity index (χ2v) is 5.45. The van der Waals surface area contributed by atoms with Gasteiger partial charge in [0.25, 0.3) is 0 Å². The fourth-order valence-electron chi connectivity index (χ4n) is 2.32. The highest BCUT2D eigenvalue weighted by atomic mass is 14.9. The third kappa shape index (κ3) is 5.36. The van der Waals surface area contributed by atoms with Crippen LogP contribution in [0.1, 0.15) is 58.6 Å². The summed E-state index contributed by atoms with van der Waals surface area (Å²) in [5, 5.41) is 3.77. The first-order valence-electron chi connectivity index (χ1n) is 6.94. The molecule has 0 aliphatic heterocycles. The predicted molar refractivity (Wildman–Crippen MR) is 76.1 cm³/mol. The van der Waals surface area contributed by atoms with E-state index < -0.39 is 0 Å². The molecular formula is C16H27N. The van der Waals surface area contributed by atoms with Gasteiger partial charge in [-0.25, -0.2) is 0 Å². The van der Waals surface area contributed by atoms with Crippen LogP contribution >= 0.6 is 0 Å². The Kier molecular flexibility index (Phi) is 6.28. The summed E-state index contributed by atoms with van der Waals surface area (Å²) in [6.07, 6.45) is 3.71. The highest BCUT2D eigenvalue weighted by Gasteiger charge is 2.14. The van der Waals surface area contributed by atoms with E-state index in [1.807, 2.05) is 0 Å². The van der Waals surface area contributed by atoms with Crippen molar-refractivity contribution in [1.82, 2.24) is 5.32 Å². The molecule has 0 fully saturated rings. The van der Waals surface area contributed by atoms with Crippen LogP contribution in [0.15, 0.2) is 30.3 Å². The van der Waals surface area contributed by atoms with E-state index in [4.69, 9.17) is 0 Å². The standard InChI is InChI=1S/C16H27N/c1-5-9-14(4)17-16(12-13(2)3)15-10-7-6-8-11-15/h6-8,10-11,13-14,16-17H,5,9,12H2,1-4H3. The van der Waals surface area contributed by atoms with Crippen molar-refractivity contribution in [3.63, 3.8) is 0 Å². The first-order chi connectivity index (χ1) is 8.13. The normalized spacial score (nSPS) is 14.9. The van der Waals surface area contributed by atoms with Gasteiger partial charge in [0.1, 0.15) is 0 Å². The zero-order valence-electron chi connectivity index (χ0n) is 11.7. The smallest absolute Gasteiger partial charge is 0.0324 e. The molecule has 0 heterocycles. The Balaban J connectivity index is 2.67. The van der Waals surface area contributed by atoms with E-state index in [0.29, 0.717) is 12.1 Å². The minimum Gasteiger partial charge on any atom is -0.307 e. The van der Waals surface area contributed by atoms with E-state index in [2.05, 4.69) is 63.3 Å². The molecule has 0 spiro atoms. The van der Waals surface area contributed by atoms with Crippen LogP contribution in [0.2, 0.25) is 0 Å². The van der Waals surface area contributed by atoms with Gasteiger partial charge in [0.15, 0.2) is 0 Å². The monoisotopic (exact) mass is 233 g/mol. The summed E-state index contributed by atoms with van der Waals surface area (Å²) in [7, 11) is 0. The second-order valence-electron chi connectivity index (χ2n) is 5.45. The summed E-state index contributed by atoms with van der Waals surface area (Å²) in [4.78, 5) is 0. The average Bonchev–Trinajstić information content (AvgIpc) is 2.29. The van der Waals surface area contributed by atoms with E-state index in [1.165, 1.54) is 24.8 Å². The molecule has 0 amide bonds. The van der Waals surface area contributed by atoms with Crippen molar-refractivity contribution in [2.45, 2.75) is 59.0 Å². The largest absolute Gasteiger partial charge is 0.307 e. The molecule has 0 aliphatic rings. The topological polar surface area (TPSA) is 12.0 Å². The first-order valence-corrected chi connectivity index (χ1v) is 6.94. The van der Waals surface area contributed by atoms with Crippen LogP contribution in [0.25, 0.3) is 0 Å². The summed E-state index contributed by atoms with van der Waals surface area (Å²) in [5.74, 6) is 0.724. The van der Waals surface area contributed by atoms with Gasteiger partial charge < -0.3 is 5.32 Å². The lowest BCUT2D eigenvalue weighted by Gasteiger charge is -2.25. The van der Waals surface area contributed by atoms with Gasteiger partial charge in [-0.3, -0.25) is 0 Å². The van der Waals surface area contributed by atoms with Gasteiger partial charge in [-0.1, -0.05) is 57.5 Å². The average molecular weight is 233 g/mol. The Morgan fingerprint density at radius 3 is 2.24 bits per heavy atom. The minimum atomic E-state index is 0.498. The van der Waals surface area contributed by atoms with Crippen LogP contribution in [0.5, 0.6) is 0 Å². The lowest BCUT2D eigenvalue weighted by atomic mass is 9.96. The SMILES string of the molecule is CCCC(C)NC(CC(C)C)c1ccccc1. The second kappa shape index (κ2) is 7.50. The molecule has 1 aromatic carbocycles. The summed E-state index contributed by atoms with van der Waals surface area (Å²) < 4.78 is 0. The van der Waals surface area contributed by atoms with Crippen LogP contribution in [0.3, 0.4) is 0 Å². The maximum Gasteiger partial charge on any atom is 0.0324 e. The summed E-state index contributed by atoms with van der Waals surface area (Å²) >= 11 is 0. The Morgan fingerprint density at radius 1 is 1.06 bits per heavy atom. The predicted octanol–water partition coefficient (Wildman–Crippen LogP) is 4.55. The van der Waals surface area contributed by atoms with Crippen LogP contribution in [-0.2, 0) is 0 Å². The first kappa shape index (κ1) is 14.2. The van der Waals surface area contributed by atoms with Crippen molar-refractivity contribution in [2.75, 3.05) is 0 Å². The van der Waals surface area contributed by atoms with Crippen LogP contribution in [0.4, 0.5) is 0 Å². The van der Waals surface area contributed by atoms with Gasteiger partial charge in [-0.05, 0) is 31.2 Å². The summed E-state index contributed by atoms with van der Waals surface area (Å²) in [5.41, 5.74) is 1.42. The molecule has 0 aromatic heterocycles. The van der Waals surface area contributed by atoms with Crippen LogP contribution < -0.4 is 5.32 Å². The van der Waals surface area contributed by atoms with Gasteiger partial charge in [-0.2, -0.15) is 0 Å². The molecule has 1 nitrogen and oxygen atoms in total. The van der Waals surface area contributed by atoms with Gasteiger partial charge >= 0.3 is 0 Å². The molecule has 2 atom stereocenters. The summed E-state index contributed by atoms with van der Waals surface area (Å²) in [6.45, 7) is 9.13. The van der Waals surface area contributed by atoms with Gasteiger partial charge in [0.05, 0.1) is 0 Å². The van der Waals surface area contributed by atoms with E-state index in [-0.39, 0.29) is 0 Å².